The zero-order chi connectivity index (χ0) is 17.9. The van der Waals surface area contributed by atoms with E-state index in [-0.39, 0.29) is 23.5 Å². The second kappa shape index (κ2) is 7.16. The molecule has 2 N–H and O–H groups in total. The highest BCUT2D eigenvalue weighted by Crippen LogP contribution is 2.44. The third kappa shape index (κ3) is 4.32. The van der Waals surface area contributed by atoms with Crippen molar-refractivity contribution in [2.75, 3.05) is 13.2 Å². The van der Waals surface area contributed by atoms with E-state index < -0.39 is 10.7 Å². The Morgan fingerprint density at radius 1 is 1.24 bits per heavy atom. The van der Waals surface area contributed by atoms with Crippen LogP contribution in [0.25, 0.3) is 0 Å². The lowest BCUT2D eigenvalue weighted by Gasteiger charge is -2.13. The fourth-order valence-electron chi connectivity index (χ4n) is 2.57. The van der Waals surface area contributed by atoms with Crippen LogP contribution in [0.1, 0.15) is 18.4 Å². The first-order valence-corrected chi connectivity index (χ1v) is 8.04. The molecule has 0 aliphatic heterocycles. The van der Waals surface area contributed by atoms with E-state index in [1.165, 1.54) is 36.4 Å². The lowest BCUT2D eigenvalue weighted by molar-refractivity contribution is -0.385. The summed E-state index contributed by atoms with van der Waals surface area (Å²) >= 11 is 0. The first-order valence-electron chi connectivity index (χ1n) is 8.04. The van der Waals surface area contributed by atoms with Crippen molar-refractivity contribution >= 4 is 5.69 Å². The van der Waals surface area contributed by atoms with Gasteiger partial charge in [0.25, 0.3) is 0 Å². The van der Waals surface area contributed by atoms with Gasteiger partial charge in [-0.05, 0) is 48.7 Å². The zero-order valence-electron chi connectivity index (χ0n) is 13.6. The van der Waals surface area contributed by atoms with Gasteiger partial charge in [-0.3, -0.25) is 10.1 Å². The number of nitro groups is 1. The molecular formula is C18H19FN2O4. The molecule has 0 unspecified atom stereocenters. The Labute approximate surface area is 144 Å². The Morgan fingerprint density at radius 3 is 2.56 bits per heavy atom. The first kappa shape index (κ1) is 17.3. The van der Waals surface area contributed by atoms with Crippen LogP contribution in [-0.2, 0) is 6.54 Å². The molecule has 1 fully saturated rings. The molecule has 6 nitrogen and oxygen atoms in total. The van der Waals surface area contributed by atoms with Gasteiger partial charge in [-0.25, -0.2) is 4.39 Å². The number of rotatable bonds is 8. The van der Waals surface area contributed by atoms with Gasteiger partial charge in [0.05, 0.1) is 4.92 Å². The molecule has 0 radical (unpaired) electrons. The second-order valence-corrected chi connectivity index (χ2v) is 6.38. The summed E-state index contributed by atoms with van der Waals surface area (Å²) in [5.41, 5.74) is 0.594. The van der Waals surface area contributed by atoms with E-state index in [4.69, 9.17) is 4.74 Å². The molecule has 0 aromatic heterocycles. The summed E-state index contributed by atoms with van der Waals surface area (Å²) in [4.78, 5) is 10.8. The molecule has 25 heavy (non-hydrogen) atoms. The van der Waals surface area contributed by atoms with Gasteiger partial charge in [-0.15, -0.1) is 0 Å². The van der Waals surface area contributed by atoms with Crippen LogP contribution < -0.4 is 10.1 Å². The molecule has 0 bridgehead atoms. The smallest absolute Gasteiger partial charge is 0.311 e. The molecule has 0 spiro atoms. The SMILES string of the molecule is O=[N+]([O-])c1cc(CNCC2(CO)CC2)ccc1Oc1ccc(F)cc1. The summed E-state index contributed by atoms with van der Waals surface area (Å²) in [6, 6.07) is 10.0. The van der Waals surface area contributed by atoms with Gasteiger partial charge >= 0.3 is 5.69 Å². The molecule has 0 heterocycles. The van der Waals surface area contributed by atoms with Gasteiger partial charge in [-0.1, -0.05) is 6.07 Å². The number of nitro benzene ring substituents is 1. The molecule has 1 saturated carbocycles. The fraction of sp³-hybridized carbons (Fsp3) is 0.333. The molecule has 2 aromatic rings. The van der Waals surface area contributed by atoms with E-state index in [0.717, 1.165) is 18.4 Å². The van der Waals surface area contributed by atoms with Crippen LogP contribution in [0.3, 0.4) is 0 Å². The molecule has 2 aromatic carbocycles. The largest absolute Gasteiger partial charge is 0.450 e. The minimum atomic E-state index is -0.502. The van der Waals surface area contributed by atoms with Crippen molar-refractivity contribution in [3.8, 4) is 11.5 Å². The molecule has 132 valence electrons. The van der Waals surface area contributed by atoms with Gasteiger partial charge in [0, 0.05) is 31.2 Å². The van der Waals surface area contributed by atoms with E-state index >= 15 is 0 Å². The summed E-state index contributed by atoms with van der Waals surface area (Å²) in [6.07, 6.45) is 2.00. The van der Waals surface area contributed by atoms with E-state index in [9.17, 15) is 19.6 Å². The van der Waals surface area contributed by atoms with E-state index in [1.54, 1.807) is 6.07 Å². The topological polar surface area (TPSA) is 84.6 Å². The molecular weight excluding hydrogens is 327 g/mol. The molecule has 1 aliphatic carbocycles. The Bertz CT molecular complexity index is 760. The number of halogens is 1. The van der Waals surface area contributed by atoms with Crippen LogP contribution in [0.15, 0.2) is 42.5 Å². The Balaban J connectivity index is 1.69. The maximum absolute atomic E-state index is 12.9. The van der Waals surface area contributed by atoms with Crippen molar-refractivity contribution in [3.05, 3.63) is 64.0 Å². The fourth-order valence-corrected chi connectivity index (χ4v) is 2.57. The number of benzene rings is 2. The van der Waals surface area contributed by atoms with E-state index in [1.807, 2.05) is 0 Å². The Hall–Kier alpha value is -2.51. The number of hydrogen-bond donors (Lipinski definition) is 2. The molecule has 0 amide bonds. The van der Waals surface area contributed by atoms with Crippen LogP contribution >= 0.6 is 0 Å². The van der Waals surface area contributed by atoms with Crippen molar-refractivity contribution in [2.45, 2.75) is 19.4 Å². The van der Waals surface area contributed by atoms with Crippen molar-refractivity contribution in [2.24, 2.45) is 5.41 Å². The minimum absolute atomic E-state index is 0.0163. The molecule has 0 saturated heterocycles. The summed E-state index contributed by atoms with van der Waals surface area (Å²) in [6.45, 7) is 1.31. The number of ether oxygens (including phenoxy) is 1. The summed E-state index contributed by atoms with van der Waals surface area (Å²) in [7, 11) is 0. The molecule has 0 atom stereocenters. The van der Waals surface area contributed by atoms with E-state index in [0.29, 0.717) is 18.8 Å². The number of aliphatic hydroxyl groups is 1. The second-order valence-electron chi connectivity index (χ2n) is 6.38. The van der Waals surface area contributed by atoms with Crippen LogP contribution in [0.2, 0.25) is 0 Å². The monoisotopic (exact) mass is 346 g/mol. The number of hydrogen-bond acceptors (Lipinski definition) is 5. The summed E-state index contributed by atoms with van der Waals surface area (Å²) in [5, 5.41) is 23.8. The van der Waals surface area contributed by atoms with Gasteiger partial charge in [0.2, 0.25) is 5.75 Å². The third-order valence-corrected chi connectivity index (χ3v) is 4.38. The Morgan fingerprint density at radius 2 is 1.96 bits per heavy atom. The third-order valence-electron chi connectivity index (χ3n) is 4.38. The lowest BCUT2D eigenvalue weighted by Crippen LogP contribution is -2.26. The van der Waals surface area contributed by atoms with Crippen molar-refractivity contribution in [1.29, 1.82) is 0 Å². The van der Waals surface area contributed by atoms with Gasteiger partial charge < -0.3 is 15.2 Å². The summed E-state index contributed by atoms with van der Waals surface area (Å²) < 4.78 is 18.4. The maximum atomic E-state index is 12.9. The van der Waals surface area contributed by atoms with E-state index in [2.05, 4.69) is 5.32 Å². The number of nitrogens with one attached hydrogen (secondary N) is 1. The Kier molecular flexibility index (Phi) is 4.96. The highest BCUT2D eigenvalue weighted by molar-refractivity contribution is 5.50. The van der Waals surface area contributed by atoms with Gasteiger partial charge in [0.15, 0.2) is 0 Å². The highest BCUT2D eigenvalue weighted by atomic mass is 19.1. The maximum Gasteiger partial charge on any atom is 0.311 e. The summed E-state index contributed by atoms with van der Waals surface area (Å²) in [5.74, 6) is 0.0305. The average molecular weight is 346 g/mol. The van der Waals surface area contributed by atoms with Crippen LogP contribution in [0, 0.1) is 21.3 Å². The van der Waals surface area contributed by atoms with Crippen molar-refractivity contribution in [1.82, 2.24) is 5.32 Å². The van der Waals surface area contributed by atoms with Crippen molar-refractivity contribution < 1.29 is 19.2 Å². The van der Waals surface area contributed by atoms with Gasteiger partial charge in [0.1, 0.15) is 11.6 Å². The number of nitrogens with zero attached hydrogens (tertiary/aromatic N) is 1. The predicted octanol–water partition coefficient (Wildman–Crippen LogP) is 3.39. The van der Waals surface area contributed by atoms with Crippen LogP contribution in [0.5, 0.6) is 11.5 Å². The minimum Gasteiger partial charge on any atom is -0.450 e. The number of aliphatic hydroxyl groups excluding tert-OH is 1. The molecule has 7 heteroatoms. The molecule has 1 aliphatic rings. The zero-order valence-corrected chi connectivity index (χ0v) is 13.6. The lowest BCUT2D eigenvalue weighted by atomic mass is 10.1. The van der Waals surface area contributed by atoms with Crippen molar-refractivity contribution in [3.63, 3.8) is 0 Å². The predicted molar refractivity (Wildman–Crippen MR) is 90.0 cm³/mol. The van der Waals surface area contributed by atoms with Crippen LogP contribution in [-0.4, -0.2) is 23.2 Å². The normalized spacial score (nSPS) is 15.0. The van der Waals surface area contributed by atoms with Gasteiger partial charge in [-0.2, -0.15) is 0 Å². The quantitative estimate of drug-likeness (QED) is 0.565. The highest BCUT2D eigenvalue weighted by Gasteiger charge is 2.41. The first-order chi connectivity index (χ1) is 12.0. The van der Waals surface area contributed by atoms with Crippen LogP contribution in [0.4, 0.5) is 10.1 Å². The standard InChI is InChI=1S/C18H19FN2O4/c19-14-2-4-15(5-3-14)25-17-6-1-13(9-16(17)21(23)24)10-20-11-18(12-22)7-8-18/h1-6,9,20,22H,7-8,10-12H2. The average Bonchev–Trinajstić information content (AvgIpc) is 3.38. The molecule has 3 rings (SSSR count).